The van der Waals surface area contributed by atoms with E-state index in [1.165, 1.54) is 6.08 Å². The average Bonchev–Trinajstić information content (AvgIpc) is 2.19. The molecule has 0 bridgehead atoms. The van der Waals surface area contributed by atoms with Gasteiger partial charge in [-0.15, -0.1) is 0 Å². The first-order valence-corrected chi connectivity index (χ1v) is 4.15. The highest BCUT2D eigenvalue weighted by molar-refractivity contribution is 5.25. The van der Waals surface area contributed by atoms with Crippen molar-refractivity contribution in [3.05, 3.63) is 23.6 Å². The first kappa shape index (κ1) is 9.39. The molecule has 0 saturated heterocycles. The maximum atomic E-state index is 13.2. The first-order chi connectivity index (χ1) is 5.75. The van der Waals surface area contributed by atoms with Crippen LogP contribution in [0.5, 0.6) is 0 Å². The molecule has 68 valence electrons. The molecule has 0 fully saturated rings. The smallest absolute Gasteiger partial charge is 0.125 e. The standard InChI is InChI=1S/C9H13F2N/c10-8-3-1-2-4-9(11)7(8)5-6-12/h1,3,9H,2,4-6,12H2. The summed E-state index contributed by atoms with van der Waals surface area (Å²) in [5, 5.41) is 0. The van der Waals surface area contributed by atoms with Gasteiger partial charge in [-0.25, -0.2) is 8.78 Å². The number of rotatable bonds is 2. The molecule has 0 spiro atoms. The van der Waals surface area contributed by atoms with Gasteiger partial charge in [-0.2, -0.15) is 0 Å². The van der Waals surface area contributed by atoms with Gasteiger partial charge >= 0.3 is 0 Å². The fraction of sp³-hybridized carbons (Fsp3) is 0.556. The molecule has 1 atom stereocenters. The molecule has 0 aromatic rings. The highest BCUT2D eigenvalue weighted by atomic mass is 19.1. The second-order valence-electron chi connectivity index (χ2n) is 2.86. The number of hydrogen-bond acceptors (Lipinski definition) is 1. The van der Waals surface area contributed by atoms with Crippen LogP contribution in [0.3, 0.4) is 0 Å². The van der Waals surface area contributed by atoms with Crippen LogP contribution in [-0.4, -0.2) is 12.7 Å². The Morgan fingerprint density at radius 1 is 1.58 bits per heavy atom. The van der Waals surface area contributed by atoms with Crippen LogP contribution in [-0.2, 0) is 0 Å². The van der Waals surface area contributed by atoms with E-state index in [4.69, 9.17) is 5.73 Å². The summed E-state index contributed by atoms with van der Waals surface area (Å²) in [6.07, 6.45) is 3.14. The molecule has 1 aliphatic carbocycles. The van der Waals surface area contributed by atoms with Crippen molar-refractivity contribution >= 4 is 0 Å². The van der Waals surface area contributed by atoms with E-state index in [2.05, 4.69) is 0 Å². The third kappa shape index (κ3) is 2.14. The van der Waals surface area contributed by atoms with Gasteiger partial charge in [0.25, 0.3) is 0 Å². The van der Waals surface area contributed by atoms with E-state index in [0.29, 0.717) is 25.8 Å². The average molecular weight is 173 g/mol. The Morgan fingerprint density at radius 3 is 3.00 bits per heavy atom. The van der Waals surface area contributed by atoms with Crippen LogP contribution in [0.2, 0.25) is 0 Å². The quantitative estimate of drug-likeness (QED) is 0.681. The van der Waals surface area contributed by atoms with E-state index < -0.39 is 12.0 Å². The molecule has 12 heavy (non-hydrogen) atoms. The van der Waals surface area contributed by atoms with E-state index in [-0.39, 0.29) is 5.57 Å². The molecule has 0 heterocycles. The van der Waals surface area contributed by atoms with Crippen LogP contribution >= 0.6 is 0 Å². The number of nitrogens with two attached hydrogens (primary N) is 1. The second-order valence-corrected chi connectivity index (χ2v) is 2.86. The summed E-state index contributed by atoms with van der Waals surface area (Å²) < 4.78 is 26.2. The third-order valence-corrected chi connectivity index (χ3v) is 1.95. The van der Waals surface area contributed by atoms with Crippen molar-refractivity contribution in [1.82, 2.24) is 0 Å². The van der Waals surface area contributed by atoms with Crippen LogP contribution in [0.25, 0.3) is 0 Å². The summed E-state index contributed by atoms with van der Waals surface area (Å²) in [6, 6.07) is 0. The summed E-state index contributed by atoms with van der Waals surface area (Å²) in [6.45, 7) is 0.303. The van der Waals surface area contributed by atoms with Crippen LogP contribution in [0.4, 0.5) is 8.78 Å². The van der Waals surface area contributed by atoms with Crippen molar-refractivity contribution in [2.24, 2.45) is 5.73 Å². The Hall–Kier alpha value is -0.700. The predicted octanol–water partition coefficient (Wildman–Crippen LogP) is 2.25. The lowest BCUT2D eigenvalue weighted by Crippen LogP contribution is -2.10. The molecule has 0 amide bonds. The summed E-state index contributed by atoms with van der Waals surface area (Å²) in [4.78, 5) is 0. The van der Waals surface area contributed by atoms with Crippen molar-refractivity contribution in [2.45, 2.75) is 25.4 Å². The monoisotopic (exact) mass is 173 g/mol. The molecule has 3 heteroatoms. The Labute approximate surface area is 70.9 Å². The van der Waals surface area contributed by atoms with Gasteiger partial charge in [-0.05, 0) is 31.9 Å². The minimum atomic E-state index is -1.15. The van der Waals surface area contributed by atoms with E-state index >= 15 is 0 Å². The van der Waals surface area contributed by atoms with E-state index in [1.807, 2.05) is 0 Å². The van der Waals surface area contributed by atoms with Crippen LogP contribution in [0, 0.1) is 0 Å². The van der Waals surface area contributed by atoms with Crippen LogP contribution < -0.4 is 5.73 Å². The third-order valence-electron chi connectivity index (χ3n) is 1.95. The van der Waals surface area contributed by atoms with Crippen molar-refractivity contribution in [2.75, 3.05) is 6.54 Å². The second kappa shape index (κ2) is 4.36. The zero-order valence-corrected chi connectivity index (χ0v) is 6.89. The van der Waals surface area contributed by atoms with E-state index in [0.717, 1.165) is 0 Å². The Balaban J connectivity index is 2.78. The number of halogens is 2. The SMILES string of the molecule is NCCC1=C(F)C=CCCC1F. The van der Waals surface area contributed by atoms with Crippen molar-refractivity contribution in [3.8, 4) is 0 Å². The van der Waals surface area contributed by atoms with Gasteiger partial charge in [0, 0.05) is 5.57 Å². The normalized spacial score (nSPS) is 24.4. The lowest BCUT2D eigenvalue weighted by Gasteiger charge is -2.09. The van der Waals surface area contributed by atoms with Crippen molar-refractivity contribution < 1.29 is 8.78 Å². The minimum absolute atomic E-state index is 0.228. The van der Waals surface area contributed by atoms with Gasteiger partial charge < -0.3 is 5.73 Å². The Kier molecular flexibility index (Phi) is 3.41. The van der Waals surface area contributed by atoms with Gasteiger partial charge in [-0.3, -0.25) is 0 Å². The highest BCUT2D eigenvalue weighted by Crippen LogP contribution is 2.24. The van der Waals surface area contributed by atoms with Crippen LogP contribution in [0.1, 0.15) is 19.3 Å². The summed E-state index contributed by atoms with van der Waals surface area (Å²) in [7, 11) is 0. The molecule has 0 aromatic heterocycles. The minimum Gasteiger partial charge on any atom is -0.330 e. The topological polar surface area (TPSA) is 26.0 Å². The predicted molar refractivity (Wildman–Crippen MR) is 45.1 cm³/mol. The fourth-order valence-corrected chi connectivity index (χ4v) is 1.29. The molecule has 1 unspecified atom stereocenters. The number of allylic oxidation sites excluding steroid dienone is 3. The van der Waals surface area contributed by atoms with Gasteiger partial charge in [0.2, 0.25) is 0 Å². The van der Waals surface area contributed by atoms with Gasteiger partial charge in [0.1, 0.15) is 12.0 Å². The molecule has 0 saturated carbocycles. The first-order valence-electron chi connectivity index (χ1n) is 4.15. The molecule has 0 radical (unpaired) electrons. The van der Waals surface area contributed by atoms with E-state index in [1.54, 1.807) is 6.08 Å². The largest absolute Gasteiger partial charge is 0.330 e. The summed E-state index contributed by atoms with van der Waals surface area (Å²) in [5.74, 6) is -0.439. The molecule has 2 N–H and O–H groups in total. The molecular formula is C9H13F2N. The molecule has 1 nitrogen and oxygen atoms in total. The zero-order valence-electron chi connectivity index (χ0n) is 6.89. The molecular weight excluding hydrogens is 160 g/mol. The van der Waals surface area contributed by atoms with Gasteiger partial charge in [0.15, 0.2) is 0 Å². The number of hydrogen-bond donors (Lipinski definition) is 1. The van der Waals surface area contributed by atoms with Crippen LogP contribution in [0.15, 0.2) is 23.6 Å². The fourth-order valence-electron chi connectivity index (χ4n) is 1.29. The zero-order chi connectivity index (χ0) is 8.97. The summed E-state index contributed by atoms with van der Waals surface area (Å²) >= 11 is 0. The maximum Gasteiger partial charge on any atom is 0.125 e. The Morgan fingerprint density at radius 2 is 2.33 bits per heavy atom. The van der Waals surface area contributed by atoms with E-state index in [9.17, 15) is 8.78 Å². The van der Waals surface area contributed by atoms with Crippen molar-refractivity contribution in [3.63, 3.8) is 0 Å². The lowest BCUT2D eigenvalue weighted by molar-refractivity contribution is 0.350. The van der Waals surface area contributed by atoms with Crippen molar-refractivity contribution in [1.29, 1.82) is 0 Å². The lowest BCUT2D eigenvalue weighted by atomic mass is 10.0. The van der Waals surface area contributed by atoms with Gasteiger partial charge in [-0.1, -0.05) is 6.08 Å². The Bertz CT molecular complexity index is 209. The van der Waals surface area contributed by atoms with Gasteiger partial charge in [0.05, 0.1) is 0 Å². The number of alkyl halides is 1. The molecule has 1 rings (SSSR count). The molecule has 0 aromatic carbocycles. The maximum absolute atomic E-state index is 13.2. The summed E-state index contributed by atoms with van der Waals surface area (Å²) in [5.41, 5.74) is 5.47. The molecule has 1 aliphatic rings. The molecule has 0 aliphatic heterocycles. The highest BCUT2D eigenvalue weighted by Gasteiger charge is 2.17.